The van der Waals surface area contributed by atoms with Crippen LogP contribution in [0.4, 0.5) is 5.69 Å². The van der Waals surface area contributed by atoms with Gasteiger partial charge in [0.05, 0.1) is 6.04 Å². The molecule has 172 valence electrons. The van der Waals surface area contributed by atoms with Crippen LogP contribution in [0.1, 0.15) is 36.6 Å². The number of halogens is 1. The summed E-state index contributed by atoms with van der Waals surface area (Å²) in [6, 6.07) is 21.0. The Kier molecular flexibility index (Phi) is 10.5. The van der Waals surface area contributed by atoms with Crippen molar-refractivity contribution in [3.05, 3.63) is 77.9 Å². The fraction of sp³-hybridized carbons (Fsp3) is 0.375. The van der Waals surface area contributed by atoms with E-state index in [0.29, 0.717) is 6.54 Å². The fourth-order valence-electron chi connectivity index (χ4n) is 3.26. The molecular formula is C24H34IN7. The van der Waals surface area contributed by atoms with Crippen molar-refractivity contribution >= 4 is 35.6 Å². The van der Waals surface area contributed by atoms with Crippen molar-refractivity contribution in [2.45, 2.75) is 32.9 Å². The van der Waals surface area contributed by atoms with Gasteiger partial charge in [-0.05, 0) is 38.0 Å². The van der Waals surface area contributed by atoms with Gasteiger partial charge in [0.25, 0.3) is 0 Å². The minimum absolute atomic E-state index is 0. The van der Waals surface area contributed by atoms with Crippen molar-refractivity contribution < 1.29 is 0 Å². The Hall–Kier alpha value is -2.62. The van der Waals surface area contributed by atoms with Crippen LogP contribution in [0, 0.1) is 6.92 Å². The predicted octanol–water partition coefficient (Wildman–Crippen LogP) is 4.06. The molecule has 1 unspecified atom stereocenters. The number of rotatable bonds is 9. The molecule has 0 aliphatic heterocycles. The van der Waals surface area contributed by atoms with E-state index in [1.807, 2.05) is 30.7 Å². The zero-order chi connectivity index (χ0) is 22.1. The molecular weight excluding hydrogens is 513 g/mol. The smallest absolute Gasteiger partial charge is 0.192 e. The maximum atomic E-state index is 4.77. The normalized spacial score (nSPS) is 12.1. The lowest BCUT2D eigenvalue weighted by atomic mass is 10.1. The van der Waals surface area contributed by atoms with Crippen LogP contribution in [0.5, 0.6) is 0 Å². The Morgan fingerprint density at radius 1 is 1.06 bits per heavy atom. The maximum Gasteiger partial charge on any atom is 0.192 e. The predicted molar refractivity (Wildman–Crippen MR) is 143 cm³/mol. The number of para-hydroxylation sites is 1. The number of hydrogen-bond acceptors (Lipinski definition) is 4. The number of anilines is 1. The van der Waals surface area contributed by atoms with E-state index in [-0.39, 0.29) is 30.0 Å². The monoisotopic (exact) mass is 547 g/mol. The van der Waals surface area contributed by atoms with Crippen LogP contribution >= 0.6 is 24.0 Å². The first-order valence-electron chi connectivity index (χ1n) is 10.8. The van der Waals surface area contributed by atoms with Crippen molar-refractivity contribution in [3.8, 4) is 0 Å². The van der Waals surface area contributed by atoms with Gasteiger partial charge in [0.15, 0.2) is 11.8 Å². The molecule has 3 aromatic rings. The lowest BCUT2D eigenvalue weighted by Gasteiger charge is -2.21. The fourth-order valence-corrected chi connectivity index (χ4v) is 3.26. The lowest BCUT2D eigenvalue weighted by Crippen LogP contribution is -2.40. The molecule has 0 saturated carbocycles. The van der Waals surface area contributed by atoms with E-state index in [1.165, 1.54) is 11.3 Å². The van der Waals surface area contributed by atoms with Gasteiger partial charge in [0.2, 0.25) is 0 Å². The maximum absolute atomic E-state index is 4.77. The first-order valence-corrected chi connectivity index (χ1v) is 10.8. The van der Waals surface area contributed by atoms with E-state index in [2.05, 4.69) is 88.2 Å². The van der Waals surface area contributed by atoms with Crippen molar-refractivity contribution in [2.75, 3.05) is 25.0 Å². The van der Waals surface area contributed by atoms with Gasteiger partial charge in [-0.25, -0.2) is 4.99 Å². The third-order valence-corrected chi connectivity index (χ3v) is 5.37. The Morgan fingerprint density at radius 2 is 1.72 bits per heavy atom. The first kappa shape index (κ1) is 25.6. The average molecular weight is 547 g/mol. The molecule has 1 atom stereocenters. The van der Waals surface area contributed by atoms with Gasteiger partial charge in [-0.2, -0.15) is 0 Å². The highest BCUT2D eigenvalue weighted by Crippen LogP contribution is 2.12. The van der Waals surface area contributed by atoms with Crippen LogP contribution in [0.3, 0.4) is 0 Å². The van der Waals surface area contributed by atoms with Gasteiger partial charge in [0, 0.05) is 32.9 Å². The van der Waals surface area contributed by atoms with Gasteiger partial charge >= 0.3 is 0 Å². The molecule has 0 amide bonds. The van der Waals surface area contributed by atoms with Crippen LogP contribution in [0.2, 0.25) is 0 Å². The molecule has 32 heavy (non-hydrogen) atoms. The second kappa shape index (κ2) is 13.0. The third kappa shape index (κ3) is 7.51. The molecule has 2 aromatic carbocycles. The Balaban J connectivity index is 0.00000363. The Labute approximate surface area is 208 Å². The Morgan fingerprint density at radius 3 is 2.34 bits per heavy atom. The molecule has 0 radical (unpaired) electrons. The van der Waals surface area contributed by atoms with E-state index in [9.17, 15) is 0 Å². The first-order chi connectivity index (χ1) is 15.0. The molecule has 1 aromatic heterocycles. The SMILES string of the molecule is Cc1nnc(CN=C(NCCCN(C)c2ccccc2)NC(C)c2ccccc2)n1C.I. The summed E-state index contributed by atoms with van der Waals surface area (Å²) in [5.41, 5.74) is 2.44. The quantitative estimate of drug-likeness (QED) is 0.183. The highest BCUT2D eigenvalue weighted by atomic mass is 127. The van der Waals surface area contributed by atoms with E-state index in [4.69, 9.17) is 4.99 Å². The van der Waals surface area contributed by atoms with Crippen LogP contribution in [-0.4, -0.2) is 40.9 Å². The summed E-state index contributed by atoms with van der Waals surface area (Å²) in [7, 11) is 4.09. The summed E-state index contributed by atoms with van der Waals surface area (Å²) in [5, 5.41) is 15.3. The molecule has 3 rings (SSSR count). The summed E-state index contributed by atoms with van der Waals surface area (Å²) < 4.78 is 1.97. The molecule has 0 bridgehead atoms. The van der Waals surface area contributed by atoms with Crippen LogP contribution in [0.25, 0.3) is 0 Å². The zero-order valence-corrected chi connectivity index (χ0v) is 21.7. The van der Waals surface area contributed by atoms with Gasteiger partial charge in [-0.15, -0.1) is 34.2 Å². The highest BCUT2D eigenvalue weighted by Gasteiger charge is 2.10. The molecule has 8 heteroatoms. The van der Waals surface area contributed by atoms with E-state index < -0.39 is 0 Å². The molecule has 2 N–H and O–H groups in total. The summed E-state index contributed by atoms with van der Waals surface area (Å²) in [5.74, 6) is 2.50. The van der Waals surface area contributed by atoms with E-state index in [0.717, 1.165) is 37.1 Å². The Bertz CT molecular complexity index is 957. The number of benzene rings is 2. The average Bonchev–Trinajstić information content (AvgIpc) is 3.13. The minimum Gasteiger partial charge on any atom is -0.375 e. The van der Waals surface area contributed by atoms with Crippen molar-refractivity contribution in [3.63, 3.8) is 0 Å². The number of nitrogens with one attached hydrogen (secondary N) is 2. The van der Waals surface area contributed by atoms with Crippen molar-refractivity contribution in [1.29, 1.82) is 0 Å². The summed E-state index contributed by atoms with van der Waals surface area (Å²) in [4.78, 5) is 7.03. The molecule has 0 aliphatic rings. The second-order valence-electron chi connectivity index (χ2n) is 7.70. The molecule has 0 fully saturated rings. The molecule has 7 nitrogen and oxygen atoms in total. The van der Waals surface area contributed by atoms with E-state index in [1.54, 1.807) is 0 Å². The standard InChI is InChI=1S/C24H33N7.HI/c1-19(21-12-7-5-8-13-21)27-24(26-18-23-29-28-20(2)31(23)4)25-16-11-17-30(3)22-14-9-6-10-15-22;/h5-10,12-15,19H,11,16-18H2,1-4H3,(H2,25,26,27);1H. The largest absolute Gasteiger partial charge is 0.375 e. The number of aryl methyl sites for hydroxylation is 1. The van der Waals surface area contributed by atoms with Gasteiger partial charge in [-0.3, -0.25) is 0 Å². The van der Waals surface area contributed by atoms with Gasteiger partial charge in [-0.1, -0.05) is 48.5 Å². The number of aliphatic imine (C=N–C) groups is 1. The van der Waals surface area contributed by atoms with Crippen molar-refractivity contribution in [2.24, 2.45) is 12.0 Å². The van der Waals surface area contributed by atoms with Gasteiger partial charge in [0.1, 0.15) is 12.4 Å². The number of aromatic nitrogens is 3. The minimum atomic E-state index is 0. The number of guanidine groups is 1. The molecule has 0 saturated heterocycles. The molecule has 0 spiro atoms. The highest BCUT2D eigenvalue weighted by molar-refractivity contribution is 14.0. The summed E-state index contributed by atoms with van der Waals surface area (Å²) in [6.07, 6.45) is 0.995. The van der Waals surface area contributed by atoms with Gasteiger partial charge < -0.3 is 20.1 Å². The van der Waals surface area contributed by atoms with Crippen molar-refractivity contribution in [1.82, 2.24) is 25.4 Å². The molecule has 1 heterocycles. The number of hydrogen-bond donors (Lipinski definition) is 2. The topological polar surface area (TPSA) is 70.4 Å². The number of nitrogens with zero attached hydrogens (tertiary/aromatic N) is 5. The zero-order valence-electron chi connectivity index (χ0n) is 19.3. The lowest BCUT2D eigenvalue weighted by molar-refractivity contribution is 0.664. The molecule has 0 aliphatic carbocycles. The third-order valence-electron chi connectivity index (χ3n) is 5.37. The second-order valence-corrected chi connectivity index (χ2v) is 7.70. The van der Waals surface area contributed by atoms with Crippen LogP contribution in [-0.2, 0) is 13.6 Å². The van der Waals surface area contributed by atoms with E-state index >= 15 is 0 Å². The van der Waals surface area contributed by atoms with Crippen LogP contribution < -0.4 is 15.5 Å². The van der Waals surface area contributed by atoms with Crippen LogP contribution in [0.15, 0.2) is 65.7 Å². The summed E-state index contributed by atoms with van der Waals surface area (Å²) >= 11 is 0. The summed E-state index contributed by atoms with van der Waals surface area (Å²) in [6.45, 7) is 6.34.